The van der Waals surface area contributed by atoms with Crippen molar-refractivity contribution in [2.24, 2.45) is 18.7 Å². The zero-order chi connectivity index (χ0) is 12.0. The van der Waals surface area contributed by atoms with Crippen LogP contribution in [-0.2, 0) is 19.9 Å². The van der Waals surface area contributed by atoms with E-state index in [2.05, 4.69) is 11.6 Å². The molecule has 3 nitrogen and oxygen atoms in total. The highest BCUT2D eigenvalue weighted by Gasteiger charge is 2.23. The zero-order valence-electron chi connectivity index (χ0n) is 10.5. The lowest BCUT2D eigenvalue weighted by atomic mass is 9.86. The van der Waals surface area contributed by atoms with Gasteiger partial charge in [-0.25, -0.2) is 0 Å². The second-order valence-corrected chi connectivity index (χ2v) is 5.03. The van der Waals surface area contributed by atoms with Crippen molar-refractivity contribution in [2.75, 3.05) is 6.54 Å². The maximum Gasteiger partial charge on any atom is 0.116 e. The van der Waals surface area contributed by atoms with E-state index in [1.165, 1.54) is 28.6 Å². The predicted octanol–water partition coefficient (Wildman–Crippen LogP) is 2.37. The molecule has 0 aliphatic heterocycles. The fraction of sp³-hybridized carbons (Fsp3) is 0.429. The maximum absolute atomic E-state index is 9.63. The molecule has 1 aromatic carbocycles. The van der Waals surface area contributed by atoms with E-state index in [0.717, 1.165) is 19.4 Å². The number of nitrogens with two attached hydrogens (primary N) is 1. The average Bonchev–Trinajstić information content (AvgIpc) is 2.62. The van der Waals surface area contributed by atoms with Crippen LogP contribution in [0.5, 0.6) is 5.75 Å². The van der Waals surface area contributed by atoms with E-state index in [-0.39, 0.29) is 12.4 Å². The molecule has 0 amide bonds. The molecule has 1 atom stereocenters. The third-order valence-electron chi connectivity index (χ3n) is 4.04. The molecule has 0 fully saturated rings. The number of fused-ring (bicyclic) bond motifs is 3. The van der Waals surface area contributed by atoms with Crippen molar-refractivity contribution in [1.82, 2.24) is 4.57 Å². The number of phenolic OH excluding ortho intramolecular Hbond substituents is 1. The van der Waals surface area contributed by atoms with Gasteiger partial charge in [-0.15, -0.1) is 12.4 Å². The Labute approximate surface area is 113 Å². The largest absolute Gasteiger partial charge is 0.508 e. The van der Waals surface area contributed by atoms with Gasteiger partial charge in [0, 0.05) is 23.6 Å². The highest BCUT2D eigenvalue weighted by Crippen LogP contribution is 2.34. The van der Waals surface area contributed by atoms with Crippen LogP contribution in [0.3, 0.4) is 0 Å². The molecular weight excluding hydrogens is 248 g/mol. The second-order valence-electron chi connectivity index (χ2n) is 5.03. The van der Waals surface area contributed by atoms with Crippen molar-refractivity contribution in [2.45, 2.75) is 19.3 Å². The van der Waals surface area contributed by atoms with Crippen LogP contribution in [-0.4, -0.2) is 16.2 Å². The lowest BCUT2D eigenvalue weighted by Crippen LogP contribution is -2.22. The summed E-state index contributed by atoms with van der Waals surface area (Å²) in [5.74, 6) is 0.941. The Hall–Kier alpha value is -1.19. The number of aromatic nitrogens is 1. The molecule has 3 rings (SSSR count). The normalized spacial score (nSPS) is 18.4. The minimum Gasteiger partial charge on any atom is -0.508 e. The molecular formula is C14H19ClN2O. The van der Waals surface area contributed by atoms with Gasteiger partial charge in [-0.05, 0) is 55.5 Å². The average molecular weight is 267 g/mol. The van der Waals surface area contributed by atoms with E-state index >= 15 is 0 Å². The van der Waals surface area contributed by atoms with Crippen molar-refractivity contribution < 1.29 is 5.11 Å². The summed E-state index contributed by atoms with van der Waals surface area (Å²) in [4.78, 5) is 0. The monoisotopic (exact) mass is 266 g/mol. The lowest BCUT2D eigenvalue weighted by Gasteiger charge is -2.21. The van der Waals surface area contributed by atoms with Crippen molar-refractivity contribution in [1.29, 1.82) is 0 Å². The zero-order valence-corrected chi connectivity index (χ0v) is 11.3. The Kier molecular flexibility index (Phi) is 3.55. The van der Waals surface area contributed by atoms with Crippen LogP contribution < -0.4 is 5.73 Å². The number of hydrogen-bond acceptors (Lipinski definition) is 2. The van der Waals surface area contributed by atoms with Gasteiger partial charge in [-0.1, -0.05) is 0 Å². The lowest BCUT2D eigenvalue weighted by molar-refractivity contribution is 0.461. The highest BCUT2D eigenvalue weighted by molar-refractivity contribution is 5.87. The first kappa shape index (κ1) is 13.2. The number of benzene rings is 1. The Morgan fingerprint density at radius 1 is 1.44 bits per heavy atom. The van der Waals surface area contributed by atoms with Crippen molar-refractivity contribution >= 4 is 23.3 Å². The van der Waals surface area contributed by atoms with E-state index in [1.54, 1.807) is 6.07 Å². The van der Waals surface area contributed by atoms with E-state index in [9.17, 15) is 5.11 Å². The fourth-order valence-electron chi connectivity index (χ4n) is 3.04. The van der Waals surface area contributed by atoms with Crippen LogP contribution in [0.2, 0.25) is 0 Å². The smallest absolute Gasteiger partial charge is 0.116 e. The summed E-state index contributed by atoms with van der Waals surface area (Å²) in [6.45, 7) is 0.759. The third-order valence-corrected chi connectivity index (χ3v) is 4.04. The Morgan fingerprint density at radius 2 is 2.22 bits per heavy atom. The Bertz CT molecular complexity index is 577. The van der Waals surface area contributed by atoms with Gasteiger partial charge in [-0.2, -0.15) is 0 Å². The topological polar surface area (TPSA) is 51.2 Å². The number of nitrogens with zero attached hydrogens (tertiary/aromatic N) is 1. The van der Waals surface area contributed by atoms with E-state index < -0.39 is 0 Å². The van der Waals surface area contributed by atoms with Crippen LogP contribution >= 0.6 is 12.4 Å². The summed E-state index contributed by atoms with van der Waals surface area (Å²) in [6, 6.07) is 5.64. The van der Waals surface area contributed by atoms with Gasteiger partial charge in [0.25, 0.3) is 0 Å². The summed E-state index contributed by atoms with van der Waals surface area (Å²) in [6.07, 6.45) is 3.33. The quantitative estimate of drug-likeness (QED) is 0.833. The SMILES string of the molecule is Cl.Cn1c2c(c3cc(O)ccc31)CC(CN)CC2. The fourth-order valence-corrected chi connectivity index (χ4v) is 3.04. The second kappa shape index (κ2) is 4.82. The number of aromatic hydroxyl groups is 1. The van der Waals surface area contributed by atoms with Gasteiger partial charge in [0.1, 0.15) is 5.75 Å². The van der Waals surface area contributed by atoms with Gasteiger partial charge in [0.05, 0.1) is 0 Å². The highest BCUT2D eigenvalue weighted by atomic mass is 35.5. The van der Waals surface area contributed by atoms with E-state index in [0.29, 0.717) is 11.7 Å². The van der Waals surface area contributed by atoms with Gasteiger partial charge < -0.3 is 15.4 Å². The first-order chi connectivity index (χ1) is 8.20. The van der Waals surface area contributed by atoms with Crippen LogP contribution in [0, 0.1) is 5.92 Å². The van der Waals surface area contributed by atoms with Gasteiger partial charge in [-0.3, -0.25) is 0 Å². The minimum absolute atomic E-state index is 0. The molecule has 98 valence electrons. The number of rotatable bonds is 1. The van der Waals surface area contributed by atoms with Crippen molar-refractivity contribution in [3.05, 3.63) is 29.5 Å². The third kappa shape index (κ3) is 1.88. The Morgan fingerprint density at radius 3 is 2.94 bits per heavy atom. The molecule has 0 bridgehead atoms. The van der Waals surface area contributed by atoms with Crippen molar-refractivity contribution in [3.8, 4) is 5.75 Å². The van der Waals surface area contributed by atoms with E-state index in [1.807, 2.05) is 12.1 Å². The first-order valence-corrected chi connectivity index (χ1v) is 6.20. The molecule has 2 aromatic rings. The molecule has 1 aliphatic carbocycles. The number of phenols is 1. The number of halogens is 1. The molecule has 1 unspecified atom stereocenters. The molecule has 3 N–H and O–H groups in total. The van der Waals surface area contributed by atoms with Crippen LogP contribution in [0.4, 0.5) is 0 Å². The van der Waals surface area contributed by atoms with Crippen LogP contribution in [0.15, 0.2) is 18.2 Å². The van der Waals surface area contributed by atoms with E-state index in [4.69, 9.17) is 5.73 Å². The summed E-state index contributed by atoms with van der Waals surface area (Å²) < 4.78 is 2.26. The molecule has 1 heterocycles. The molecule has 0 saturated heterocycles. The molecule has 4 heteroatoms. The molecule has 0 spiro atoms. The number of hydrogen-bond donors (Lipinski definition) is 2. The molecule has 18 heavy (non-hydrogen) atoms. The summed E-state index contributed by atoms with van der Waals surface area (Å²) in [5, 5.41) is 10.8. The first-order valence-electron chi connectivity index (χ1n) is 6.20. The summed E-state index contributed by atoms with van der Waals surface area (Å²) >= 11 is 0. The predicted molar refractivity (Wildman–Crippen MR) is 76.4 cm³/mol. The van der Waals surface area contributed by atoms with Gasteiger partial charge in [0.15, 0.2) is 0 Å². The van der Waals surface area contributed by atoms with Crippen LogP contribution in [0.25, 0.3) is 10.9 Å². The van der Waals surface area contributed by atoms with Crippen LogP contribution in [0.1, 0.15) is 17.7 Å². The van der Waals surface area contributed by atoms with Gasteiger partial charge >= 0.3 is 0 Å². The molecule has 0 radical (unpaired) electrons. The molecule has 1 aliphatic rings. The summed E-state index contributed by atoms with van der Waals surface area (Å²) in [7, 11) is 2.11. The van der Waals surface area contributed by atoms with Gasteiger partial charge in [0.2, 0.25) is 0 Å². The molecule has 1 aromatic heterocycles. The Balaban J connectivity index is 0.00000120. The summed E-state index contributed by atoms with van der Waals surface area (Å²) in [5.41, 5.74) is 9.80. The molecule has 0 saturated carbocycles. The maximum atomic E-state index is 9.63. The minimum atomic E-state index is 0. The standard InChI is InChI=1S/C14H18N2O.ClH/c1-16-13-4-2-9(8-15)6-11(13)12-7-10(17)3-5-14(12)16;/h3,5,7,9,17H,2,4,6,8,15H2,1H3;1H. The van der Waals surface area contributed by atoms with Crippen molar-refractivity contribution in [3.63, 3.8) is 0 Å². The number of aryl methyl sites for hydroxylation is 1.